The van der Waals surface area contributed by atoms with Crippen LogP contribution in [0, 0.1) is 4.77 Å². The summed E-state index contributed by atoms with van der Waals surface area (Å²) < 4.78 is 7.04. The zero-order valence-electron chi connectivity index (χ0n) is 8.74. The quantitative estimate of drug-likeness (QED) is 0.592. The van der Waals surface area contributed by atoms with Crippen LogP contribution in [0.2, 0.25) is 0 Å². The molecule has 0 aliphatic carbocycles. The van der Waals surface area contributed by atoms with Crippen molar-refractivity contribution in [3.05, 3.63) is 16.2 Å². The molecule has 15 heavy (non-hydrogen) atoms. The molecule has 0 fully saturated rings. The van der Waals surface area contributed by atoms with Gasteiger partial charge in [0.05, 0.1) is 5.69 Å². The highest BCUT2D eigenvalue weighted by molar-refractivity contribution is 7.71. The number of imidazole rings is 1. The van der Waals surface area contributed by atoms with Crippen LogP contribution in [0.15, 0.2) is 0 Å². The van der Waals surface area contributed by atoms with E-state index in [1.165, 1.54) is 0 Å². The number of hydrogen-bond donors (Lipinski definition) is 2. The van der Waals surface area contributed by atoms with Crippen molar-refractivity contribution in [2.45, 2.75) is 12.8 Å². The summed E-state index contributed by atoms with van der Waals surface area (Å²) in [5.74, 6) is -0.978. The van der Waals surface area contributed by atoms with E-state index in [1.54, 1.807) is 18.7 Å². The fraction of sp³-hybridized carbons (Fsp3) is 0.556. The number of aromatic nitrogens is 2. The van der Waals surface area contributed by atoms with Gasteiger partial charge in [0, 0.05) is 20.8 Å². The molecule has 0 unspecified atom stereocenters. The number of carboxylic acid groups (broad SMARTS) is 1. The lowest BCUT2D eigenvalue weighted by Crippen LogP contribution is -2.06. The summed E-state index contributed by atoms with van der Waals surface area (Å²) in [7, 11) is 3.38. The molecule has 1 aromatic rings. The van der Waals surface area contributed by atoms with Crippen molar-refractivity contribution in [3.8, 4) is 0 Å². The van der Waals surface area contributed by atoms with Crippen LogP contribution < -0.4 is 0 Å². The van der Waals surface area contributed by atoms with E-state index in [-0.39, 0.29) is 5.69 Å². The first-order valence-electron chi connectivity index (χ1n) is 4.58. The van der Waals surface area contributed by atoms with Crippen LogP contribution in [0.3, 0.4) is 0 Å². The maximum atomic E-state index is 10.9. The van der Waals surface area contributed by atoms with Gasteiger partial charge in [0.1, 0.15) is 5.69 Å². The van der Waals surface area contributed by atoms with Gasteiger partial charge in [-0.05, 0) is 25.1 Å². The average molecular weight is 230 g/mol. The van der Waals surface area contributed by atoms with Gasteiger partial charge in [-0.25, -0.2) is 4.79 Å². The van der Waals surface area contributed by atoms with Crippen LogP contribution in [-0.2, 0) is 18.2 Å². The van der Waals surface area contributed by atoms with Crippen LogP contribution in [0.25, 0.3) is 0 Å². The third-order valence-corrected chi connectivity index (χ3v) is 2.58. The van der Waals surface area contributed by atoms with Gasteiger partial charge < -0.3 is 19.4 Å². The van der Waals surface area contributed by atoms with Crippen molar-refractivity contribution < 1.29 is 14.6 Å². The van der Waals surface area contributed by atoms with Gasteiger partial charge in [-0.2, -0.15) is 0 Å². The monoisotopic (exact) mass is 230 g/mol. The minimum Gasteiger partial charge on any atom is -0.477 e. The number of rotatable bonds is 5. The zero-order valence-corrected chi connectivity index (χ0v) is 9.56. The minimum absolute atomic E-state index is 0.179. The first-order valence-corrected chi connectivity index (χ1v) is 4.99. The number of hydrogen-bond acceptors (Lipinski definition) is 3. The normalized spacial score (nSPS) is 10.5. The fourth-order valence-corrected chi connectivity index (χ4v) is 1.62. The predicted molar refractivity (Wildman–Crippen MR) is 57.8 cm³/mol. The van der Waals surface area contributed by atoms with Gasteiger partial charge in [-0.3, -0.25) is 0 Å². The molecule has 0 spiro atoms. The molecule has 0 bridgehead atoms. The molecule has 0 aliphatic rings. The Morgan fingerprint density at radius 2 is 2.33 bits per heavy atom. The molecule has 0 aliphatic heterocycles. The number of aromatic carboxylic acids is 1. The molecule has 5 nitrogen and oxygen atoms in total. The van der Waals surface area contributed by atoms with Gasteiger partial charge in [0.2, 0.25) is 0 Å². The second-order valence-electron chi connectivity index (χ2n) is 3.21. The lowest BCUT2D eigenvalue weighted by molar-refractivity contribution is 0.0689. The van der Waals surface area contributed by atoms with Gasteiger partial charge in [-0.15, -0.1) is 0 Å². The van der Waals surface area contributed by atoms with E-state index in [2.05, 4.69) is 4.98 Å². The van der Waals surface area contributed by atoms with Crippen molar-refractivity contribution in [1.29, 1.82) is 0 Å². The molecule has 1 heterocycles. The molecule has 0 aromatic carbocycles. The van der Waals surface area contributed by atoms with E-state index in [0.717, 1.165) is 6.42 Å². The third-order valence-electron chi connectivity index (χ3n) is 2.21. The topological polar surface area (TPSA) is 67.2 Å². The summed E-state index contributed by atoms with van der Waals surface area (Å²) >= 11 is 4.97. The molecule has 0 saturated heterocycles. The van der Waals surface area contributed by atoms with E-state index in [4.69, 9.17) is 22.1 Å². The number of nitrogens with zero attached hydrogens (tertiary/aromatic N) is 1. The van der Waals surface area contributed by atoms with E-state index in [1.807, 2.05) is 0 Å². The average Bonchev–Trinajstić information content (AvgIpc) is 2.46. The van der Waals surface area contributed by atoms with Crippen LogP contribution in [0.5, 0.6) is 0 Å². The second kappa shape index (κ2) is 5.09. The highest BCUT2D eigenvalue weighted by Gasteiger charge is 2.15. The predicted octanol–water partition coefficient (Wildman–Crippen LogP) is 1.36. The van der Waals surface area contributed by atoms with Crippen LogP contribution in [0.4, 0.5) is 0 Å². The summed E-state index contributed by atoms with van der Waals surface area (Å²) in [4.78, 5) is 13.6. The van der Waals surface area contributed by atoms with E-state index >= 15 is 0 Å². The van der Waals surface area contributed by atoms with E-state index in [0.29, 0.717) is 23.5 Å². The Bertz CT molecular complexity index is 408. The number of nitrogens with one attached hydrogen (secondary N) is 1. The Morgan fingerprint density at radius 3 is 2.87 bits per heavy atom. The summed E-state index contributed by atoms with van der Waals surface area (Å²) in [6, 6.07) is 0. The third kappa shape index (κ3) is 2.66. The SMILES string of the molecule is COCCCc1c(C(=O)O)[nH]c(=S)n1C. The zero-order chi connectivity index (χ0) is 11.4. The number of carbonyl (C=O) groups is 1. The van der Waals surface area contributed by atoms with Gasteiger partial charge in [-0.1, -0.05) is 0 Å². The minimum atomic E-state index is -0.978. The Hall–Kier alpha value is -1.14. The highest BCUT2D eigenvalue weighted by Crippen LogP contribution is 2.10. The summed E-state index contributed by atoms with van der Waals surface area (Å²) in [6.07, 6.45) is 1.41. The van der Waals surface area contributed by atoms with Crippen molar-refractivity contribution in [3.63, 3.8) is 0 Å². The first-order chi connectivity index (χ1) is 7.07. The Morgan fingerprint density at radius 1 is 1.67 bits per heavy atom. The smallest absolute Gasteiger partial charge is 0.354 e. The second-order valence-corrected chi connectivity index (χ2v) is 3.60. The molecule has 2 N–H and O–H groups in total. The maximum absolute atomic E-state index is 10.9. The summed E-state index contributed by atoms with van der Waals surface area (Å²) in [6.45, 7) is 0.608. The molecular weight excluding hydrogens is 216 g/mol. The number of aromatic amines is 1. The number of H-pyrrole nitrogens is 1. The van der Waals surface area contributed by atoms with Gasteiger partial charge in [0.15, 0.2) is 4.77 Å². The van der Waals surface area contributed by atoms with E-state index < -0.39 is 5.97 Å². The molecule has 84 valence electrons. The van der Waals surface area contributed by atoms with Gasteiger partial charge in [0.25, 0.3) is 0 Å². The number of carboxylic acids is 1. The Labute approximate surface area is 92.7 Å². The van der Waals surface area contributed by atoms with Gasteiger partial charge >= 0.3 is 5.97 Å². The lowest BCUT2D eigenvalue weighted by atomic mass is 10.2. The van der Waals surface area contributed by atoms with Crippen LogP contribution >= 0.6 is 12.2 Å². The van der Waals surface area contributed by atoms with Crippen molar-refractivity contribution in [2.75, 3.05) is 13.7 Å². The summed E-state index contributed by atoms with van der Waals surface area (Å²) in [5.41, 5.74) is 0.892. The molecule has 0 radical (unpaired) electrons. The Kier molecular flexibility index (Phi) is 4.05. The van der Waals surface area contributed by atoms with Crippen LogP contribution in [0.1, 0.15) is 22.6 Å². The van der Waals surface area contributed by atoms with Crippen molar-refractivity contribution in [2.24, 2.45) is 7.05 Å². The standard InChI is InChI=1S/C9H14N2O3S/c1-11-6(4-3-5-14-2)7(8(12)13)10-9(11)15/h3-5H2,1-2H3,(H,10,15)(H,12,13). The largest absolute Gasteiger partial charge is 0.477 e. The highest BCUT2D eigenvalue weighted by atomic mass is 32.1. The molecule has 0 amide bonds. The molecular formula is C9H14N2O3S. The summed E-state index contributed by atoms with van der Waals surface area (Å²) in [5, 5.41) is 8.94. The number of ether oxygens (including phenoxy) is 1. The maximum Gasteiger partial charge on any atom is 0.354 e. The molecule has 1 rings (SSSR count). The fourth-order valence-electron chi connectivity index (χ4n) is 1.41. The Balaban J connectivity index is 2.93. The van der Waals surface area contributed by atoms with Crippen LogP contribution in [-0.4, -0.2) is 34.3 Å². The number of methoxy groups -OCH3 is 1. The molecule has 0 saturated carbocycles. The molecule has 0 atom stereocenters. The van der Waals surface area contributed by atoms with Crippen molar-refractivity contribution in [1.82, 2.24) is 9.55 Å². The van der Waals surface area contributed by atoms with Crippen molar-refractivity contribution >= 4 is 18.2 Å². The van der Waals surface area contributed by atoms with E-state index in [9.17, 15) is 4.79 Å². The molecule has 6 heteroatoms. The lowest BCUT2D eigenvalue weighted by Gasteiger charge is -2.03. The first kappa shape index (κ1) is 11.9. The molecule has 1 aromatic heterocycles.